The first-order chi connectivity index (χ1) is 8.51. The summed E-state index contributed by atoms with van der Waals surface area (Å²) in [5.74, 6) is 0.169. The number of hydrogen-bond donors (Lipinski definition) is 0. The molecular weight excluding hydrogens is 226 g/mol. The van der Waals surface area contributed by atoms with E-state index in [2.05, 4.69) is 11.9 Å². The Bertz CT molecular complexity index is 298. The highest BCUT2D eigenvalue weighted by Gasteiger charge is 2.51. The number of carbonyl (C=O) groups is 1. The molecule has 18 heavy (non-hydrogen) atoms. The molecule has 0 aliphatic carbocycles. The van der Waals surface area contributed by atoms with Gasteiger partial charge in [-0.15, -0.1) is 0 Å². The van der Waals surface area contributed by atoms with Crippen LogP contribution in [-0.2, 0) is 4.79 Å². The van der Waals surface area contributed by atoms with Crippen LogP contribution < -0.4 is 0 Å². The van der Waals surface area contributed by atoms with Crippen molar-refractivity contribution in [2.24, 2.45) is 5.41 Å². The molecule has 2 saturated heterocycles. The standard InChI is InChI=1S/C12H21N3O.C2H6/c1-13(2)6-4-5-11(16)15-9-12(10-15)7-14(3)8-12;1-2/h4-5H,6-10H2,1-3H3;1-2H3/b5-4+;. The van der Waals surface area contributed by atoms with Crippen molar-refractivity contribution in [2.45, 2.75) is 13.8 Å². The molecule has 0 aromatic heterocycles. The van der Waals surface area contributed by atoms with Gasteiger partial charge in [-0.25, -0.2) is 0 Å². The predicted octanol–water partition coefficient (Wildman–Crippen LogP) is 0.904. The lowest BCUT2D eigenvalue weighted by molar-refractivity contribution is -0.151. The van der Waals surface area contributed by atoms with Crippen molar-refractivity contribution < 1.29 is 4.79 Å². The van der Waals surface area contributed by atoms with Crippen LogP contribution in [0.15, 0.2) is 12.2 Å². The summed E-state index contributed by atoms with van der Waals surface area (Å²) in [7, 11) is 6.13. The van der Waals surface area contributed by atoms with Crippen LogP contribution in [0.3, 0.4) is 0 Å². The molecule has 4 heteroatoms. The molecule has 2 rings (SSSR count). The van der Waals surface area contributed by atoms with Gasteiger partial charge in [0.1, 0.15) is 0 Å². The Hall–Kier alpha value is -0.870. The Labute approximate surface area is 111 Å². The van der Waals surface area contributed by atoms with E-state index in [-0.39, 0.29) is 5.91 Å². The topological polar surface area (TPSA) is 26.8 Å². The van der Waals surface area contributed by atoms with E-state index in [9.17, 15) is 4.79 Å². The van der Waals surface area contributed by atoms with Gasteiger partial charge in [0.05, 0.1) is 0 Å². The highest BCUT2D eigenvalue weighted by molar-refractivity contribution is 5.88. The van der Waals surface area contributed by atoms with Crippen LogP contribution in [-0.4, -0.2) is 74.5 Å². The summed E-state index contributed by atoms with van der Waals surface area (Å²) in [5.41, 5.74) is 0.444. The fourth-order valence-corrected chi connectivity index (χ4v) is 2.69. The molecule has 0 saturated carbocycles. The second kappa shape index (κ2) is 6.34. The summed E-state index contributed by atoms with van der Waals surface area (Å²) in [4.78, 5) is 18.0. The van der Waals surface area contributed by atoms with E-state index >= 15 is 0 Å². The van der Waals surface area contributed by atoms with E-state index in [4.69, 9.17) is 0 Å². The molecular formula is C14H27N3O. The van der Waals surface area contributed by atoms with Crippen LogP contribution in [0.1, 0.15) is 13.8 Å². The van der Waals surface area contributed by atoms with Crippen LogP contribution >= 0.6 is 0 Å². The summed E-state index contributed by atoms with van der Waals surface area (Å²) in [6.45, 7) is 9.02. The summed E-state index contributed by atoms with van der Waals surface area (Å²) < 4.78 is 0. The maximum absolute atomic E-state index is 11.7. The number of rotatable bonds is 3. The molecule has 0 atom stereocenters. The maximum atomic E-state index is 11.7. The Morgan fingerprint density at radius 1 is 1.22 bits per heavy atom. The molecule has 0 unspecified atom stereocenters. The fraction of sp³-hybridized carbons (Fsp3) is 0.786. The average molecular weight is 253 g/mol. The SMILES string of the molecule is CC.CN(C)C/C=C/C(=O)N1CC2(CN(C)C2)C1. The molecule has 0 aromatic rings. The lowest BCUT2D eigenvalue weighted by Crippen LogP contribution is -2.71. The van der Waals surface area contributed by atoms with Crippen molar-refractivity contribution in [3.8, 4) is 0 Å². The first-order valence-electron chi connectivity index (χ1n) is 6.79. The summed E-state index contributed by atoms with van der Waals surface area (Å²) in [5, 5.41) is 0. The monoisotopic (exact) mass is 253 g/mol. The van der Waals surface area contributed by atoms with E-state index in [1.807, 2.05) is 43.8 Å². The van der Waals surface area contributed by atoms with Gasteiger partial charge in [0.25, 0.3) is 0 Å². The smallest absolute Gasteiger partial charge is 0.246 e. The second-order valence-corrected chi connectivity index (χ2v) is 5.53. The summed E-state index contributed by atoms with van der Waals surface area (Å²) in [6, 6.07) is 0. The van der Waals surface area contributed by atoms with Crippen molar-refractivity contribution in [2.75, 3.05) is 53.9 Å². The second-order valence-electron chi connectivity index (χ2n) is 5.53. The Kier molecular flexibility index (Phi) is 5.35. The van der Waals surface area contributed by atoms with Crippen molar-refractivity contribution in [1.82, 2.24) is 14.7 Å². The Balaban J connectivity index is 0.000000771. The first kappa shape index (κ1) is 15.2. The predicted molar refractivity (Wildman–Crippen MR) is 75.6 cm³/mol. The maximum Gasteiger partial charge on any atom is 0.246 e. The Morgan fingerprint density at radius 2 is 1.78 bits per heavy atom. The van der Waals surface area contributed by atoms with Gasteiger partial charge >= 0.3 is 0 Å². The molecule has 4 nitrogen and oxygen atoms in total. The fourth-order valence-electron chi connectivity index (χ4n) is 2.69. The van der Waals surface area contributed by atoms with Crippen molar-refractivity contribution in [1.29, 1.82) is 0 Å². The van der Waals surface area contributed by atoms with Crippen molar-refractivity contribution in [3.05, 3.63) is 12.2 Å². The highest BCUT2D eigenvalue weighted by Crippen LogP contribution is 2.38. The van der Waals surface area contributed by atoms with Gasteiger partial charge in [-0.2, -0.15) is 0 Å². The van der Waals surface area contributed by atoms with E-state index < -0.39 is 0 Å². The third kappa shape index (κ3) is 3.56. The van der Waals surface area contributed by atoms with Crippen LogP contribution in [0.5, 0.6) is 0 Å². The van der Waals surface area contributed by atoms with E-state index in [1.165, 1.54) is 0 Å². The molecule has 1 amide bonds. The molecule has 2 aliphatic heterocycles. The zero-order valence-corrected chi connectivity index (χ0v) is 12.4. The number of nitrogens with zero attached hydrogens (tertiary/aromatic N) is 3. The van der Waals surface area contributed by atoms with Crippen LogP contribution in [0.4, 0.5) is 0 Å². The minimum absolute atomic E-state index is 0.169. The first-order valence-corrected chi connectivity index (χ1v) is 6.79. The van der Waals surface area contributed by atoms with Crippen molar-refractivity contribution >= 4 is 5.91 Å². The van der Waals surface area contributed by atoms with E-state index in [1.54, 1.807) is 6.08 Å². The normalized spacial score (nSPS) is 21.6. The molecule has 0 N–H and O–H groups in total. The molecule has 0 aromatic carbocycles. The third-order valence-corrected chi connectivity index (χ3v) is 3.31. The highest BCUT2D eigenvalue weighted by atomic mass is 16.2. The van der Waals surface area contributed by atoms with Crippen molar-refractivity contribution in [3.63, 3.8) is 0 Å². The van der Waals surface area contributed by atoms with Gasteiger partial charge in [0.15, 0.2) is 0 Å². The van der Waals surface area contributed by atoms with E-state index in [0.29, 0.717) is 5.41 Å². The average Bonchev–Trinajstić information content (AvgIpc) is 2.23. The van der Waals surface area contributed by atoms with Gasteiger partial charge in [-0.3, -0.25) is 4.79 Å². The van der Waals surface area contributed by atoms with Gasteiger partial charge in [-0.1, -0.05) is 19.9 Å². The molecule has 104 valence electrons. The van der Waals surface area contributed by atoms with Crippen LogP contribution in [0.2, 0.25) is 0 Å². The lowest BCUT2D eigenvalue weighted by Gasteiger charge is -2.59. The lowest BCUT2D eigenvalue weighted by atomic mass is 9.73. The van der Waals surface area contributed by atoms with Gasteiger partial charge in [-0.05, 0) is 21.1 Å². The van der Waals surface area contributed by atoms with Gasteiger partial charge in [0.2, 0.25) is 5.91 Å². The van der Waals surface area contributed by atoms with Gasteiger partial charge < -0.3 is 14.7 Å². The zero-order chi connectivity index (χ0) is 13.8. The van der Waals surface area contributed by atoms with Crippen LogP contribution in [0, 0.1) is 5.41 Å². The zero-order valence-electron chi connectivity index (χ0n) is 12.4. The molecule has 2 aliphatic rings. The summed E-state index contributed by atoms with van der Waals surface area (Å²) in [6.07, 6.45) is 3.63. The Morgan fingerprint density at radius 3 is 2.22 bits per heavy atom. The largest absolute Gasteiger partial charge is 0.338 e. The minimum Gasteiger partial charge on any atom is -0.338 e. The number of hydrogen-bond acceptors (Lipinski definition) is 3. The molecule has 2 fully saturated rings. The number of carbonyl (C=O) groups excluding carboxylic acids is 1. The molecule has 2 heterocycles. The summed E-state index contributed by atoms with van der Waals surface area (Å²) >= 11 is 0. The number of likely N-dealkylation sites (N-methyl/N-ethyl adjacent to an activating group) is 1. The minimum atomic E-state index is 0.169. The molecule has 0 radical (unpaired) electrons. The molecule has 1 spiro atoms. The quantitative estimate of drug-likeness (QED) is 0.699. The third-order valence-electron chi connectivity index (χ3n) is 3.31. The van der Waals surface area contributed by atoms with Gasteiger partial charge in [0, 0.05) is 44.2 Å². The number of likely N-dealkylation sites (tertiary alicyclic amines) is 2. The van der Waals surface area contributed by atoms with E-state index in [0.717, 1.165) is 32.7 Å². The number of amides is 1. The molecule has 0 bridgehead atoms. The van der Waals surface area contributed by atoms with Crippen LogP contribution in [0.25, 0.3) is 0 Å².